The van der Waals surface area contributed by atoms with Crippen LogP contribution in [0.2, 0.25) is 0 Å². The summed E-state index contributed by atoms with van der Waals surface area (Å²) in [6.45, 7) is 6.07. The van der Waals surface area contributed by atoms with E-state index in [1.165, 1.54) is 0 Å². The van der Waals surface area contributed by atoms with Crippen molar-refractivity contribution in [2.45, 2.75) is 50.3 Å². The number of hydrogen-bond acceptors (Lipinski definition) is 5. The van der Waals surface area contributed by atoms with Crippen molar-refractivity contribution in [2.24, 2.45) is 5.92 Å². The van der Waals surface area contributed by atoms with Crippen LogP contribution in [0.3, 0.4) is 0 Å². The largest absolute Gasteiger partial charge is 0.439 e. The van der Waals surface area contributed by atoms with Gasteiger partial charge in [0.05, 0.1) is 12.0 Å². The summed E-state index contributed by atoms with van der Waals surface area (Å²) >= 11 is 1.57. The molecule has 1 aliphatic rings. The fourth-order valence-electron chi connectivity index (χ4n) is 2.49. The Kier molecular flexibility index (Phi) is 4.08. The zero-order valence-electron chi connectivity index (χ0n) is 13.9. The molecule has 0 atom stereocenters. The van der Waals surface area contributed by atoms with Crippen molar-refractivity contribution in [1.29, 1.82) is 0 Å². The number of oxazole rings is 1. The van der Waals surface area contributed by atoms with Gasteiger partial charge in [0, 0.05) is 16.2 Å². The van der Waals surface area contributed by atoms with E-state index in [0.29, 0.717) is 22.6 Å². The molecular formula is C18H21NO3S. The highest BCUT2D eigenvalue weighted by Crippen LogP contribution is 2.35. The zero-order chi connectivity index (χ0) is 16.8. The van der Waals surface area contributed by atoms with Gasteiger partial charge in [-0.15, -0.1) is 11.8 Å². The standard InChI is InChI=1S/C18H21NO3S/c1-18(2,3)17-19-15-14(23-4)8-7-11(16(15)22-17)13(21)9-12(20)10-5-6-10/h7-8,10H,5-6,9H2,1-4H3. The van der Waals surface area contributed by atoms with E-state index in [1.807, 2.05) is 33.1 Å². The highest BCUT2D eigenvalue weighted by Gasteiger charge is 2.32. The molecule has 0 aliphatic heterocycles. The van der Waals surface area contributed by atoms with Crippen LogP contribution in [0.5, 0.6) is 0 Å². The van der Waals surface area contributed by atoms with E-state index in [0.717, 1.165) is 17.7 Å². The molecule has 0 bridgehead atoms. The molecule has 2 aromatic rings. The van der Waals surface area contributed by atoms with E-state index in [9.17, 15) is 9.59 Å². The molecule has 5 heteroatoms. The average Bonchev–Trinajstić information content (AvgIpc) is 3.23. The van der Waals surface area contributed by atoms with Gasteiger partial charge in [-0.2, -0.15) is 0 Å². The van der Waals surface area contributed by atoms with E-state index in [-0.39, 0.29) is 29.3 Å². The number of ketones is 2. The fourth-order valence-corrected chi connectivity index (χ4v) is 3.03. The minimum absolute atomic E-state index is 0.0378. The van der Waals surface area contributed by atoms with Crippen LogP contribution in [0.15, 0.2) is 21.4 Å². The molecule has 0 saturated heterocycles. The van der Waals surface area contributed by atoms with Gasteiger partial charge in [0.15, 0.2) is 11.4 Å². The lowest BCUT2D eigenvalue weighted by atomic mass is 9.97. The number of nitrogens with zero attached hydrogens (tertiary/aromatic N) is 1. The Morgan fingerprint density at radius 3 is 2.57 bits per heavy atom. The minimum atomic E-state index is -0.237. The van der Waals surface area contributed by atoms with Gasteiger partial charge in [-0.05, 0) is 31.2 Å². The van der Waals surface area contributed by atoms with Gasteiger partial charge in [0.25, 0.3) is 0 Å². The van der Waals surface area contributed by atoms with E-state index >= 15 is 0 Å². The first-order valence-electron chi connectivity index (χ1n) is 7.85. The SMILES string of the molecule is CSc1ccc(C(=O)CC(=O)C2CC2)c2oc(C(C)(C)C)nc12. The van der Waals surface area contributed by atoms with E-state index < -0.39 is 0 Å². The van der Waals surface area contributed by atoms with Crippen molar-refractivity contribution in [2.75, 3.05) is 6.26 Å². The molecule has 3 rings (SSSR count). The quantitative estimate of drug-likeness (QED) is 0.462. The Labute approximate surface area is 140 Å². The average molecular weight is 331 g/mol. The third-order valence-electron chi connectivity index (χ3n) is 4.04. The second-order valence-electron chi connectivity index (χ2n) is 7.10. The van der Waals surface area contributed by atoms with Gasteiger partial charge in [0.1, 0.15) is 11.3 Å². The van der Waals surface area contributed by atoms with Crippen molar-refractivity contribution < 1.29 is 14.0 Å². The second kappa shape index (κ2) is 5.78. The number of carbonyl (C=O) groups is 2. The molecule has 1 aliphatic carbocycles. The van der Waals surface area contributed by atoms with E-state index in [4.69, 9.17) is 4.42 Å². The highest BCUT2D eigenvalue weighted by molar-refractivity contribution is 7.98. The summed E-state index contributed by atoms with van der Waals surface area (Å²) in [6.07, 6.45) is 3.77. The number of benzene rings is 1. The maximum absolute atomic E-state index is 12.5. The van der Waals surface area contributed by atoms with Crippen LogP contribution < -0.4 is 0 Å². The summed E-state index contributed by atoms with van der Waals surface area (Å²) < 4.78 is 5.93. The van der Waals surface area contributed by atoms with Gasteiger partial charge in [0.2, 0.25) is 5.89 Å². The van der Waals surface area contributed by atoms with Crippen molar-refractivity contribution in [1.82, 2.24) is 4.98 Å². The van der Waals surface area contributed by atoms with Crippen molar-refractivity contribution >= 4 is 34.4 Å². The van der Waals surface area contributed by atoms with E-state index in [2.05, 4.69) is 4.98 Å². The van der Waals surface area contributed by atoms with Crippen molar-refractivity contribution in [3.8, 4) is 0 Å². The van der Waals surface area contributed by atoms with Gasteiger partial charge in [-0.25, -0.2) is 4.98 Å². The number of Topliss-reactive ketones (excluding diaryl/α,β-unsaturated/α-hetero) is 2. The van der Waals surface area contributed by atoms with Crippen LogP contribution in [0.25, 0.3) is 11.1 Å². The van der Waals surface area contributed by atoms with Crippen LogP contribution in [-0.4, -0.2) is 22.8 Å². The second-order valence-corrected chi connectivity index (χ2v) is 7.95. The summed E-state index contributed by atoms with van der Waals surface area (Å²) in [7, 11) is 0. The molecule has 0 amide bonds. The maximum Gasteiger partial charge on any atom is 0.200 e. The molecule has 1 fully saturated rings. The summed E-state index contributed by atoms with van der Waals surface area (Å²) in [4.78, 5) is 30.1. The normalized spacial score (nSPS) is 15.1. The number of aromatic nitrogens is 1. The Hall–Kier alpha value is -1.62. The summed E-state index contributed by atoms with van der Waals surface area (Å²) in [5.74, 6) is 0.583. The summed E-state index contributed by atoms with van der Waals surface area (Å²) in [5.41, 5.74) is 1.45. The lowest BCUT2D eigenvalue weighted by molar-refractivity contribution is -0.119. The van der Waals surface area contributed by atoms with Gasteiger partial charge >= 0.3 is 0 Å². The van der Waals surface area contributed by atoms with E-state index in [1.54, 1.807) is 17.8 Å². The van der Waals surface area contributed by atoms with Gasteiger partial charge < -0.3 is 4.42 Å². The van der Waals surface area contributed by atoms with Crippen LogP contribution in [0, 0.1) is 5.92 Å². The highest BCUT2D eigenvalue weighted by atomic mass is 32.2. The lowest BCUT2D eigenvalue weighted by Crippen LogP contribution is -2.11. The molecule has 0 N–H and O–H groups in total. The maximum atomic E-state index is 12.5. The topological polar surface area (TPSA) is 60.2 Å². The van der Waals surface area contributed by atoms with Crippen LogP contribution in [0.4, 0.5) is 0 Å². The molecule has 1 heterocycles. The summed E-state index contributed by atoms with van der Waals surface area (Å²) in [5, 5.41) is 0. The third-order valence-corrected chi connectivity index (χ3v) is 4.81. The Morgan fingerprint density at radius 1 is 1.30 bits per heavy atom. The first-order chi connectivity index (χ1) is 10.8. The Morgan fingerprint density at radius 2 is 2.00 bits per heavy atom. The number of rotatable bonds is 5. The third kappa shape index (κ3) is 3.20. The van der Waals surface area contributed by atoms with Crippen molar-refractivity contribution in [3.63, 3.8) is 0 Å². The number of carbonyl (C=O) groups excluding carboxylic acids is 2. The molecule has 0 radical (unpaired) electrons. The molecule has 23 heavy (non-hydrogen) atoms. The fraction of sp³-hybridized carbons (Fsp3) is 0.500. The minimum Gasteiger partial charge on any atom is -0.439 e. The summed E-state index contributed by atoms with van der Waals surface area (Å²) in [6, 6.07) is 3.64. The molecule has 1 saturated carbocycles. The molecule has 1 aromatic carbocycles. The van der Waals surface area contributed by atoms with Gasteiger partial charge in [-0.3, -0.25) is 9.59 Å². The first kappa shape index (κ1) is 16.2. The number of thioether (sulfide) groups is 1. The predicted molar refractivity (Wildman–Crippen MR) is 91.2 cm³/mol. The number of hydrogen-bond donors (Lipinski definition) is 0. The number of fused-ring (bicyclic) bond motifs is 1. The molecular weight excluding hydrogens is 310 g/mol. The van der Waals surface area contributed by atoms with Gasteiger partial charge in [-0.1, -0.05) is 20.8 Å². The molecule has 4 nitrogen and oxygen atoms in total. The predicted octanol–water partition coefficient (Wildman–Crippen LogP) is 4.40. The van der Waals surface area contributed by atoms with Crippen LogP contribution in [-0.2, 0) is 10.2 Å². The Bertz CT molecular complexity index is 781. The Balaban J connectivity index is 2.04. The first-order valence-corrected chi connectivity index (χ1v) is 9.07. The monoisotopic (exact) mass is 331 g/mol. The molecule has 122 valence electrons. The molecule has 0 unspecified atom stereocenters. The van der Waals surface area contributed by atoms with Crippen molar-refractivity contribution in [3.05, 3.63) is 23.6 Å². The zero-order valence-corrected chi connectivity index (χ0v) is 14.8. The van der Waals surface area contributed by atoms with Crippen LogP contribution in [0.1, 0.15) is 56.3 Å². The lowest BCUT2D eigenvalue weighted by Gasteiger charge is -2.11. The van der Waals surface area contributed by atoms with Crippen LogP contribution >= 0.6 is 11.8 Å². The smallest absolute Gasteiger partial charge is 0.200 e. The molecule has 0 spiro atoms. The molecule has 1 aromatic heterocycles.